The summed E-state index contributed by atoms with van der Waals surface area (Å²) in [6.07, 6.45) is 0. The first kappa shape index (κ1) is 16.1. The summed E-state index contributed by atoms with van der Waals surface area (Å²) in [4.78, 5) is 0. The van der Waals surface area contributed by atoms with E-state index in [0.717, 1.165) is 0 Å². The van der Waals surface area contributed by atoms with Crippen molar-refractivity contribution < 1.29 is 32.6 Å². The minimum absolute atomic E-state index is 0. The molecule has 1 radical (unpaired) electrons. The van der Waals surface area contributed by atoms with Gasteiger partial charge in [-0.15, -0.1) is 0 Å². The van der Waals surface area contributed by atoms with Crippen molar-refractivity contribution in [3.63, 3.8) is 0 Å². The summed E-state index contributed by atoms with van der Waals surface area (Å²) in [6, 6.07) is 0. The first-order valence-corrected chi connectivity index (χ1v) is 2.25. The fraction of sp³-hybridized carbons (Fsp3) is 0. The molecule has 0 aromatic carbocycles. The van der Waals surface area contributed by atoms with Crippen LogP contribution in [0.4, 0.5) is 0 Å². The molecule has 0 aliphatic carbocycles. The molecule has 7 heteroatoms. The van der Waals surface area contributed by atoms with Crippen LogP contribution < -0.4 is 11.5 Å². The largest absolute Gasteiger partial charge is 0.487 e. The van der Waals surface area contributed by atoms with Crippen LogP contribution in [0.1, 0.15) is 0 Å². The second-order valence-corrected chi connectivity index (χ2v) is 1.51. The molecule has 0 aromatic rings. The first-order valence-electron chi connectivity index (χ1n) is 1.43. The van der Waals surface area contributed by atoms with Crippen LogP contribution in [0.3, 0.4) is 0 Å². The van der Waals surface area contributed by atoms with Crippen LogP contribution in [0.2, 0.25) is 0 Å². The Kier molecular flexibility index (Phi) is 19.6. The predicted molar refractivity (Wildman–Crippen MR) is 38.8 cm³/mol. The van der Waals surface area contributed by atoms with Gasteiger partial charge >= 0.3 is 0 Å². The van der Waals surface area contributed by atoms with Crippen LogP contribution >= 0.6 is 24.4 Å². The van der Waals surface area contributed by atoms with Gasteiger partial charge in [-0.1, -0.05) is 0 Å². The Hall–Kier alpha value is 0.120. The monoisotopic (exact) mass is 351 g/mol. The molecule has 0 unspecified atom stereocenters. The predicted octanol–water partition coefficient (Wildman–Crippen LogP) is -0.426. The second kappa shape index (κ2) is 11.0. The molecule has 59 valence electrons. The third-order valence-electron chi connectivity index (χ3n) is 0. The minimum atomic E-state index is -0.500. The zero-order chi connectivity index (χ0) is 7.15. The standard InChI is InChI=1S/2CH3NOS.Au/c2*2-1(3)4;/h2*(H3,2,3,4);. The molecule has 0 saturated heterocycles. The van der Waals surface area contributed by atoms with E-state index in [1.165, 1.54) is 0 Å². The number of aliphatic hydroxyl groups is 2. The zero-order valence-electron chi connectivity index (χ0n) is 4.17. The molecule has 0 saturated carbocycles. The van der Waals surface area contributed by atoms with Crippen LogP contribution in [0.5, 0.6) is 0 Å². The van der Waals surface area contributed by atoms with Gasteiger partial charge in [-0.25, -0.2) is 0 Å². The van der Waals surface area contributed by atoms with Gasteiger partial charge in [0.15, 0.2) is 0 Å². The SMILES string of the molecule is NC(O)=S.NC(O)=S.[Au]. The van der Waals surface area contributed by atoms with Crippen molar-refractivity contribution >= 4 is 34.8 Å². The van der Waals surface area contributed by atoms with Crippen LogP contribution in [0.25, 0.3) is 0 Å². The van der Waals surface area contributed by atoms with Gasteiger partial charge in [-0.2, -0.15) is 0 Å². The number of aliphatic hydroxyl groups excluding tert-OH is 2. The van der Waals surface area contributed by atoms with Crippen LogP contribution in [-0.2, 0) is 22.4 Å². The summed E-state index contributed by atoms with van der Waals surface area (Å²) in [6.45, 7) is 0. The maximum atomic E-state index is 7.56. The van der Waals surface area contributed by atoms with Crippen LogP contribution in [-0.4, -0.2) is 20.6 Å². The number of hydrogen-bond donors (Lipinski definition) is 4. The topological polar surface area (TPSA) is 92.5 Å². The summed E-state index contributed by atoms with van der Waals surface area (Å²) in [5.41, 5.74) is 8.80. The summed E-state index contributed by atoms with van der Waals surface area (Å²) in [7, 11) is 0. The average molecular weight is 351 g/mol. The molecular weight excluding hydrogens is 345 g/mol. The average Bonchev–Trinajstić information content (AvgIpc) is 1.25. The first-order chi connectivity index (χ1) is 3.46. The molecule has 0 amide bonds. The van der Waals surface area contributed by atoms with Crippen molar-refractivity contribution in [1.82, 2.24) is 0 Å². The maximum absolute atomic E-state index is 7.56. The normalized spacial score (nSPS) is 5.33. The molecule has 0 aliphatic heterocycles. The van der Waals surface area contributed by atoms with Gasteiger partial charge in [0.2, 0.25) is 0 Å². The Bertz CT molecular complexity index is 78.6. The Morgan fingerprint density at radius 1 is 1.00 bits per heavy atom. The van der Waals surface area contributed by atoms with Gasteiger partial charge in [0.25, 0.3) is 10.3 Å². The van der Waals surface area contributed by atoms with Crippen molar-refractivity contribution in [1.29, 1.82) is 0 Å². The number of nitrogens with two attached hydrogens (primary N) is 2. The molecule has 0 aromatic heterocycles. The fourth-order valence-corrected chi connectivity index (χ4v) is 0. The molecule has 0 rings (SSSR count). The van der Waals surface area contributed by atoms with E-state index >= 15 is 0 Å². The second-order valence-electron chi connectivity index (χ2n) is 0.676. The van der Waals surface area contributed by atoms with E-state index < -0.39 is 10.3 Å². The Morgan fingerprint density at radius 2 is 1.00 bits per heavy atom. The van der Waals surface area contributed by atoms with Crippen LogP contribution in [0, 0.1) is 0 Å². The molecule has 0 fully saturated rings. The molecule has 6 N–H and O–H groups in total. The Labute approximate surface area is 78.7 Å². The van der Waals surface area contributed by atoms with E-state index in [2.05, 4.69) is 35.9 Å². The maximum Gasteiger partial charge on any atom is 0.251 e. The number of rotatable bonds is 0. The molecule has 4 nitrogen and oxygen atoms in total. The van der Waals surface area contributed by atoms with E-state index in [0.29, 0.717) is 0 Å². The van der Waals surface area contributed by atoms with E-state index in [-0.39, 0.29) is 22.4 Å². The summed E-state index contributed by atoms with van der Waals surface area (Å²) in [5.74, 6) is 0. The van der Waals surface area contributed by atoms with Gasteiger partial charge < -0.3 is 21.7 Å². The van der Waals surface area contributed by atoms with Crippen molar-refractivity contribution in [2.75, 3.05) is 0 Å². The van der Waals surface area contributed by atoms with Gasteiger partial charge in [0.05, 0.1) is 0 Å². The third kappa shape index (κ3) is 21000. The van der Waals surface area contributed by atoms with Crippen molar-refractivity contribution in [2.45, 2.75) is 0 Å². The fourth-order valence-electron chi connectivity index (χ4n) is 0. The van der Waals surface area contributed by atoms with Crippen molar-refractivity contribution in [3.05, 3.63) is 0 Å². The van der Waals surface area contributed by atoms with Crippen molar-refractivity contribution in [2.24, 2.45) is 11.5 Å². The summed E-state index contributed by atoms with van der Waals surface area (Å²) in [5, 5.41) is 14.1. The van der Waals surface area contributed by atoms with Gasteiger partial charge in [0.1, 0.15) is 0 Å². The molecule has 0 heterocycles. The Morgan fingerprint density at radius 3 is 1.00 bits per heavy atom. The molecular formula is C2H6AuN2O2S2. The number of hydrogen-bond acceptors (Lipinski definition) is 2. The van der Waals surface area contributed by atoms with Gasteiger partial charge in [-0.3, -0.25) is 0 Å². The molecule has 0 aliphatic rings. The summed E-state index contributed by atoms with van der Waals surface area (Å²) < 4.78 is 0. The minimum Gasteiger partial charge on any atom is -0.487 e. The smallest absolute Gasteiger partial charge is 0.251 e. The van der Waals surface area contributed by atoms with Crippen molar-refractivity contribution in [3.8, 4) is 0 Å². The van der Waals surface area contributed by atoms with E-state index in [1.807, 2.05) is 0 Å². The zero-order valence-corrected chi connectivity index (χ0v) is 7.97. The van der Waals surface area contributed by atoms with E-state index in [9.17, 15) is 0 Å². The van der Waals surface area contributed by atoms with Gasteiger partial charge in [-0.05, 0) is 24.4 Å². The Balaban J connectivity index is -0.0000000720. The molecule has 0 bridgehead atoms. The number of thiocarbonyl (C=S) groups is 2. The molecule has 0 spiro atoms. The summed E-state index contributed by atoms with van der Waals surface area (Å²) >= 11 is 7.74. The van der Waals surface area contributed by atoms with Crippen LogP contribution in [0.15, 0.2) is 0 Å². The molecule has 0 atom stereocenters. The third-order valence-corrected chi connectivity index (χ3v) is 0. The quantitative estimate of drug-likeness (QED) is 0.350. The van der Waals surface area contributed by atoms with Gasteiger partial charge in [0, 0.05) is 22.4 Å². The van der Waals surface area contributed by atoms with E-state index in [4.69, 9.17) is 10.2 Å². The van der Waals surface area contributed by atoms with E-state index in [1.54, 1.807) is 0 Å². The molecule has 9 heavy (non-hydrogen) atoms.